The van der Waals surface area contributed by atoms with Gasteiger partial charge in [0.05, 0.1) is 17.9 Å². The molecule has 25 heavy (non-hydrogen) atoms. The summed E-state index contributed by atoms with van der Waals surface area (Å²) in [5, 5.41) is 8.05. The van der Waals surface area contributed by atoms with E-state index in [9.17, 15) is 4.79 Å². The predicted molar refractivity (Wildman–Crippen MR) is 97.8 cm³/mol. The maximum atomic E-state index is 12.5. The third-order valence-corrected chi connectivity index (χ3v) is 4.53. The molecule has 1 unspecified atom stereocenters. The Balaban J connectivity index is 1.78. The van der Waals surface area contributed by atoms with E-state index in [2.05, 4.69) is 10.2 Å². The molecular weight excluding hydrogens is 338 g/mol. The van der Waals surface area contributed by atoms with Crippen LogP contribution < -0.4 is 0 Å². The molecule has 1 aromatic heterocycles. The fraction of sp³-hybridized carbons (Fsp3) is 0.474. The number of aromatic amines is 1. The van der Waals surface area contributed by atoms with Crippen LogP contribution in [0, 0.1) is 0 Å². The van der Waals surface area contributed by atoms with Crippen LogP contribution in [0.25, 0.3) is 0 Å². The Morgan fingerprint density at radius 2 is 2.08 bits per heavy atom. The van der Waals surface area contributed by atoms with Gasteiger partial charge in [-0.2, -0.15) is 5.10 Å². The molecule has 3 rings (SSSR count). The van der Waals surface area contributed by atoms with Crippen LogP contribution in [-0.4, -0.2) is 33.3 Å². The number of likely N-dealkylation sites (tertiary alicyclic amines) is 1. The van der Waals surface area contributed by atoms with Crippen LogP contribution in [0.2, 0.25) is 5.02 Å². The average molecular weight is 362 g/mol. The van der Waals surface area contributed by atoms with Crippen molar-refractivity contribution in [2.45, 2.75) is 51.7 Å². The van der Waals surface area contributed by atoms with Crippen LogP contribution in [0.4, 0.5) is 4.79 Å². The van der Waals surface area contributed by atoms with Crippen LogP contribution >= 0.6 is 11.6 Å². The molecular formula is C19H24ClN3O2. The molecule has 0 spiro atoms. The SMILES string of the molecule is CC(C)(C)OC(=O)N1CCCC1c1[nH]ncc1Cc1ccc(Cl)cc1. The number of hydrogen-bond acceptors (Lipinski definition) is 3. The number of nitrogens with one attached hydrogen (secondary N) is 1. The first-order valence-electron chi connectivity index (χ1n) is 8.60. The van der Waals surface area contributed by atoms with Crippen LogP contribution in [-0.2, 0) is 11.2 Å². The second kappa shape index (κ2) is 7.08. The molecule has 1 atom stereocenters. The van der Waals surface area contributed by atoms with Crippen molar-refractivity contribution in [2.75, 3.05) is 6.54 Å². The second-order valence-corrected chi connectivity index (χ2v) is 7.88. The second-order valence-electron chi connectivity index (χ2n) is 7.44. The third kappa shape index (κ3) is 4.34. The Morgan fingerprint density at radius 1 is 1.36 bits per heavy atom. The zero-order chi connectivity index (χ0) is 18.0. The lowest BCUT2D eigenvalue weighted by Crippen LogP contribution is -2.36. The number of benzene rings is 1. The molecule has 1 aliphatic heterocycles. The summed E-state index contributed by atoms with van der Waals surface area (Å²) in [6, 6.07) is 7.79. The molecule has 1 amide bonds. The van der Waals surface area contributed by atoms with E-state index >= 15 is 0 Å². The topological polar surface area (TPSA) is 58.2 Å². The Kier molecular flexibility index (Phi) is 5.04. The van der Waals surface area contributed by atoms with Gasteiger partial charge in [-0.25, -0.2) is 4.79 Å². The number of aromatic nitrogens is 2. The molecule has 1 aliphatic rings. The van der Waals surface area contributed by atoms with E-state index < -0.39 is 5.60 Å². The number of H-pyrrole nitrogens is 1. The van der Waals surface area contributed by atoms with Crippen molar-refractivity contribution in [1.29, 1.82) is 0 Å². The van der Waals surface area contributed by atoms with Gasteiger partial charge in [0, 0.05) is 18.0 Å². The van der Waals surface area contributed by atoms with Crippen LogP contribution in [0.1, 0.15) is 56.5 Å². The smallest absolute Gasteiger partial charge is 0.410 e. The summed E-state index contributed by atoms with van der Waals surface area (Å²) >= 11 is 5.96. The summed E-state index contributed by atoms with van der Waals surface area (Å²) in [5.74, 6) is 0. The quantitative estimate of drug-likeness (QED) is 0.860. The Bertz CT molecular complexity index is 734. The molecule has 1 fully saturated rings. The number of halogens is 1. The molecule has 1 aromatic carbocycles. The standard InChI is InChI=1S/C19H24ClN3O2/c1-19(2,3)25-18(24)23-10-4-5-16(23)17-14(12-21-22-17)11-13-6-8-15(20)9-7-13/h6-9,12,16H,4-5,10-11H2,1-3H3,(H,21,22). The Hall–Kier alpha value is -2.01. The lowest BCUT2D eigenvalue weighted by atomic mass is 10.0. The summed E-state index contributed by atoms with van der Waals surface area (Å²) in [6.45, 7) is 6.37. The molecule has 0 saturated carbocycles. The van der Waals surface area contributed by atoms with E-state index in [1.165, 1.54) is 0 Å². The summed E-state index contributed by atoms with van der Waals surface area (Å²) < 4.78 is 5.56. The van der Waals surface area contributed by atoms with Crippen LogP contribution in [0.15, 0.2) is 30.5 Å². The monoisotopic (exact) mass is 361 g/mol. The summed E-state index contributed by atoms with van der Waals surface area (Å²) in [7, 11) is 0. The number of carbonyl (C=O) groups excluding carboxylic acids is 1. The zero-order valence-corrected chi connectivity index (χ0v) is 15.6. The molecule has 134 valence electrons. The molecule has 2 aromatic rings. The van der Waals surface area contributed by atoms with Crippen molar-refractivity contribution in [2.24, 2.45) is 0 Å². The minimum atomic E-state index is -0.496. The minimum Gasteiger partial charge on any atom is -0.444 e. The van der Waals surface area contributed by atoms with Gasteiger partial charge in [0.15, 0.2) is 0 Å². The largest absolute Gasteiger partial charge is 0.444 e. The zero-order valence-electron chi connectivity index (χ0n) is 14.9. The number of hydrogen-bond donors (Lipinski definition) is 1. The maximum Gasteiger partial charge on any atom is 0.410 e. The van der Waals surface area contributed by atoms with Gasteiger partial charge in [0.25, 0.3) is 0 Å². The van der Waals surface area contributed by atoms with Gasteiger partial charge in [-0.15, -0.1) is 0 Å². The first kappa shape index (κ1) is 17.8. The van der Waals surface area contributed by atoms with Crippen LogP contribution in [0.3, 0.4) is 0 Å². The average Bonchev–Trinajstić information content (AvgIpc) is 3.16. The molecule has 5 nitrogen and oxygen atoms in total. The van der Waals surface area contributed by atoms with E-state index in [1.807, 2.05) is 56.1 Å². The van der Waals surface area contributed by atoms with Gasteiger partial charge in [0.1, 0.15) is 5.60 Å². The minimum absolute atomic E-state index is 0.0142. The molecule has 0 bridgehead atoms. The van der Waals surface area contributed by atoms with Gasteiger partial charge < -0.3 is 4.74 Å². The first-order chi connectivity index (χ1) is 11.8. The first-order valence-corrected chi connectivity index (χ1v) is 8.97. The van der Waals surface area contributed by atoms with E-state index in [1.54, 1.807) is 0 Å². The van der Waals surface area contributed by atoms with E-state index in [-0.39, 0.29) is 12.1 Å². The summed E-state index contributed by atoms with van der Waals surface area (Å²) in [5.41, 5.74) is 2.76. The number of nitrogens with zero attached hydrogens (tertiary/aromatic N) is 2. The fourth-order valence-electron chi connectivity index (χ4n) is 3.18. The summed E-state index contributed by atoms with van der Waals surface area (Å²) in [4.78, 5) is 14.3. The summed E-state index contributed by atoms with van der Waals surface area (Å²) in [6.07, 6.45) is 4.21. The number of ether oxygens (including phenoxy) is 1. The van der Waals surface area contributed by atoms with Crippen molar-refractivity contribution >= 4 is 17.7 Å². The van der Waals surface area contributed by atoms with Crippen molar-refractivity contribution in [3.63, 3.8) is 0 Å². The predicted octanol–water partition coefficient (Wildman–Crippen LogP) is 4.73. The van der Waals surface area contributed by atoms with Gasteiger partial charge in [-0.3, -0.25) is 10.00 Å². The van der Waals surface area contributed by atoms with E-state index in [0.29, 0.717) is 6.54 Å². The number of amides is 1. The molecule has 0 radical (unpaired) electrons. The number of rotatable bonds is 3. The third-order valence-electron chi connectivity index (χ3n) is 4.27. The highest BCUT2D eigenvalue weighted by atomic mass is 35.5. The highest BCUT2D eigenvalue weighted by molar-refractivity contribution is 6.30. The molecule has 1 N–H and O–H groups in total. The number of carbonyl (C=O) groups is 1. The normalized spacial score (nSPS) is 17.8. The maximum absolute atomic E-state index is 12.5. The van der Waals surface area contributed by atoms with Crippen LogP contribution in [0.5, 0.6) is 0 Å². The van der Waals surface area contributed by atoms with Crippen molar-refractivity contribution < 1.29 is 9.53 Å². The highest BCUT2D eigenvalue weighted by Gasteiger charge is 2.35. The van der Waals surface area contributed by atoms with Crippen molar-refractivity contribution in [3.8, 4) is 0 Å². The Labute approximate surface area is 153 Å². The highest BCUT2D eigenvalue weighted by Crippen LogP contribution is 2.34. The molecule has 1 saturated heterocycles. The van der Waals surface area contributed by atoms with Gasteiger partial charge >= 0.3 is 6.09 Å². The van der Waals surface area contributed by atoms with Crippen molar-refractivity contribution in [1.82, 2.24) is 15.1 Å². The fourth-order valence-corrected chi connectivity index (χ4v) is 3.30. The lowest BCUT2D eigenvalue weighted by Gasteiger charge is -2.28. The molecule has 2 heterocycles. The lowest BCUT2D eigenvalue weighted by molar-refractivity contribution is 0.0221. The van der Waals surface area contributed by atoms with Crippen molar-refractivity contribution in [3.05, 3.63) is 52.3 Å². The van der Waals surface area contributed by atoms with Gasteiger partial charge in [-0.1, -0.05) is 23.7 Å². The van der Waals surface area contributed by atoms with Gasteiger partial charge in [-0.05, 0) is 56.9 Å². The van der Waals surface area contributed by atoms with E-state index in [0.717, 1.165) is 41.1 Å². The van der Waals surface area contributed by atoms with Gasteiger partial charge in [0.2, 0.25) is 0 Å². The molecule has 6 heteroatoms. The molecule has 0 aliphatic carbocycles. The Morgan fingerprint density at radius 3 is 2.76 bits per heavy atom. The van der Waals surface area contributed by atoms with E-state index in [4.69, 9.17) is 16.3 Å².